The molecular weight excluding hydrogens is 264 g/mol. The highest BCUT2D eigenvalue weighted by molar-refractivity contribution is 5.97. The minimum Gasteiger partial charge on any atom is -0.342 e. The Hall–Kier alpha value is -1.06. The number of carbonyl (C=O) groups is 2. The third-order valence-corrected chi connectivity index (χ3v) is 5.87. The first-order valence-electron chi connectivity index (χ1n) is 8.20. The Morgan fingerprint density at radius 3 is 2.05 bits per heavy atom. The Labute approximate surface area is 128 Å². The molecule has 2 fully saturated rings. The summed E-state index contributed by atoms with van der Waals surface area (Å²) >= 11 is 0. The van der Waals surface area contributed by atoms with Gasteiger partial charge < -0.3 is 10.2 Å². The van der Waals surface area contributed by atoms with Gasteiger partial charge in [-0.05, 0) is 23.2 Å². The van der Waals surface area contributed by atoms with Gasteiger partial charge in [-0.2, -0.15) is 0 Å². The zero-order chi connectivity index (χ0) is 16.2. The van der Waals surface area contributed by atoms with Crippen molar-refractivity contribution in [2.75, 3.05) is 0 Å². The third kappa shape index (κ3) is 2.27. The number of carbonyl (C=O) groups excluding carboxylic acids is 2. The molecule has 0 aromatic rings. The molecule has 1 N–H and O–H groups in total. The van der Waals surface area contributed by atoms with Crippen molar-refractivity contribution in [1.82, 2.24) is 10.2 Å². The third-order valence-electron chi connectivity index (χ3n) is 5.87. The van der Waals surface area contributed by atoms with Crippen LogP contribution < -0.4 is 5.32 Å². The van der Waals surface area contributed by atoms with E-state index in [0.29, 0.717) is 0 Å². The maximum atomic E-state index is 12.9. The molecule has 0 aromatic carbocycles. The zero-order valence-corrected chi connectivity index (χ0v) is 14.5. The van der Waals surface area contributed by atoms with Crippen LogP contribution in [0.2, 0.25) is 0 Å². The number of nitrogens with zero attached hydrogens (tertiary/aromatic N) is 1. The van der Waals surface area contributed by atoms with Crippen LogP contribution >= 0.6 is 0 Å². The van der Waals surface area contributed by atoms with E-state index in [2.05, 4.69) is 33.0 Å². The summed E-state index contributed by atoms with van der Waals surface area (Å²) in [6.45, 7) is 14.9. The van der Waals surface area contributed by atoms with Crippen LogP contribution in [0.1, 0.15) is 61.3 Å². The van der Waals surface area contributed by atoms with Gasteiger partial charge in [0, 0.05) is 6.04 Å². The van der Waals surface area contributed by atoms with Gasteiger partial charge in [-0.15, -0.1) is 0 Å². The molecule has 4 nitrogen and oxygen atoms in total. The summed E-state index contributed by atoms with van der Waals surface area (Å²) in [6.07, 6.45) is 1.62. The van der Waals surface area contributed by atoms with Crippen molar-refractivity contribution in [3.63, 3.8) is 0 Å². The van der Waals surface area contributed by atoms with Crippen molar-refractivity contribution in [2.24, 2.45) is 16.7 Å². The largest absolute Gasteiger partial charge is 0.342 e. The SMILES string of the molecule is CCCC1NC(=O)C(C(C)C)N(C2C(C)(C)C2(C)C)C1=O. The maximum Gasteiger partial charge on any atom is 0.246 e. The van der Waals surface area contributed by atoms with Crippen LogP contribution in [0.15, 0.2) is 0 Å². The highest BCUT2D eigenvalue weighted by Gasteiger charge is 2.70. The second-order valence-corrected chi connectivity index (χ2v) is 8.13. The van der Waals surface area contributed by atoms with E-state index in [-0.39, 0.29) is 46.7 Å². The molecule has 1 aliphatic carbocycles. The molecule has 2 unspecified atom stereocenters. The predicted octanol–water partition coefficient (Wildman–Crippen LogP) is 2.57. The van der Waals surface area contributed by atoms with Gasteiger partial charge in [0.05, 0.1) is 0 Å². The Bertz CT molecular complexity index is 440. The number of piperazine rings is 1. The molecule has 120 valence electrons. The lowest BCUT2D eigenvalue weighted by atomic mass is 9.94. The molecule has 0 bridgehead atoms. The molecule has 0 radical (unpaired) electrons. The summed E-state index contributed by atoms with van der Waals surface area (Å²) in [6, 6.07) is -0.531. The lowest BCUT2D eigenvalue weighted by molar-refractivity contribution is -0.153. The Morgan fingerprint density at radius 1 is 1.14 bits per heavy atom. The van der Waals surface area contributed by atoms with E-state index in [1.165, 1.54) is 0 Å². The first-order chi connectivity index (χ1) is 9.57. The van der Waals surface area contributed by atoms with E-state index in [1.807, 2.05) is 25.7 Å². The predicted molar refractivity (Wildman–Crippen MR) is 83.7 cm³/mol. The molecular formula is C17H30N2O2. The maximum absolute atomic E-state index is 12.9. The van der Waals surface area contributed by atoms with Gasteiger partial charge in [0.2, 0.25) is 11.8 Å². The van der Waals surface area contributed by atoms with Crippen LogP contribution in [0.4, 0.5) is 0 Å². The summed E-state index contributed by atoms with van der Waals surface area (Å²) in [7, 11) is 0. The van der Waals surface area contributed by atoms with Crippen LogP contribution in [0, 0.1) is 16.7 Å². The minimum atomic E-state index is -0.343. The fourth-order valence-electron chi connectivity index (χ4n) is 4.02. The van der Waals surface area contributed by atoms with Crippen LogP contribution in [0.5, 0.6) is 0 Å². The van der Waals surface area contributed by atoms with E-state index in [9.17, 15) is 9.59 Å². The molecule has 2 atom stereocenters. The molecule has 1 aliphatic heterocycles. The van der Waals surface area contributed by atoms with Crippen molar-refractivity contribution < 1.29 is 9.59 Å². The van der Waals surface area contributed by atoms with Crippen LogP contribution in [0.25, 0.3) is 0 Å². The summed E-state index contributed by atoms with van der Waals surface area (Å²) in [5, 5.41) is 2.94. The number of hydrogen-bond donors (Lipinski definition) is 1. The average molecular weight is 294 g/mol. The van der Waals surface area contributed by atoms with E-state index >= 15 is 0 Å². The lowest BCUT2D eigenvalue weighted by Gasteiger charge is -2.42. The first kappa shape index (κ1) is 16.3. The summed E-state index contributed by atoms with van der Waals surface area (Å²) in [4.78, 5) is 27.4. The molecule has 1 saturated heterocycles. The fraction of sp³-hybridized carbons (Fsp3) is 0.882. The molecule has 2 rings (SSSR count). The molecule has 0 spiro atoms. The van der Waals surface area contributed by atoms with Gasteiger partial charge in [-0.25, -0.2) is 0 Å². The van der Waals surface area contributed by atoms with Crippen LogP contribution in [-0.4, -0.2) is 34.8 Å². The highest BCUT2D eigenvalue weighted by atomic mass is 16.2. The van der Waals surface area contributed by atoms with Crippen molar-refractivity contribution in [3.05, 3.63) is 0 Å². The Morgan fingerprint density at radius 2 is 1.67 bits per heavy atom. The molecule has 2 amide bonds. The molecule has 1 saturated carbocycles. The van der Waals surface area contributed by atoms with E-state index < -0.39 is 0 Å². The highest BCUT2D eigenvalue weighted by Crippen LogP contribution is 2.66. The number of rotatable bonds is 4. The zero-order valence-electron chi connectivity index (χ0n) is 14.5. The Balaban J connectivity index is 2.37. The van der Waals surface area contributed by atoms with Crippen molar-refractivity contribution in [2.45, 2.75) is 79.4 Å². The quantitative estimate of drug-likeness (QED) is 0.866. The number of amides is 2. The van der Waals surface area contributed by atoms with Crippen molar-refractivity contribution in [3.8, 4) is 0 Å². The van der Waals surface area contributed by atoms with Crippen LogP contribution in [-0.2, 0) is 9.59 Å². The molecule has 1 heterocycles. The molecule has 4 heteroatoms. The van der Waals surface area contributed by atoms with Gasteiger partial charge in [0.15, 0.2) is 0 Å². The monoisotopic (exact) mass is 294 g/mol. The van der Waals surface area contributed by atoms with Crippen molar-refractivity contribution >= 4 is 11.8 Å². The second kappa shape index (κ2) is 4.99. The molecule has 0 aromatic heterocycles. The second-order valence-electron chi connectivity index (χ2n) is 8.13. The topological polar surface area (TPSA) is 49.4 Å². The van der Waals surface area contributed by atoms with Crippen LogP contribution in [0.3, 0.4) is 0 Å². The number of hydrogen-bond acceptors (Lipinski definition) is 2. The average Bonchev–Trinajstić information content (AvgIpc) is 2.74. The number of nitrogens with one attached hydrogen (secondary N) is 1. The van der Waals surface area contributed by atoms with E-state index in [1.54, 1.807) is 0 Å². The van der Waals surface area contributed by atoms with Gasteiger partial charge in [0.25, 0.3) is 0 Å². The van der Waals surface area contributed by atoms with Gasteiger partial charge in [0.1, 0.15) is 12.1 Å². The summed E-state index contributed by atoms with van der Waals surface area (Å²) in [5.41, 5.74) is 0.119. The molecule has 21 heavy (non-hydrogen) atoms. The van der Waals surface area contributed by atoms with Gasteiger partial charge >= 0.3 is 0 Å². The fourth-order valence-corrected chi connectivity index (χ4v) is 4.02. The first-order valence-corrected chi connectivity index (χ1v) is 8.20. The van der Waals surface area contributed by atoms with Gasteiger partial charge in [-0.1, -0.05) is 54.9 Å². The summed E-state index contributed by atoms with van der Waals surface area (Å²) < 4.78 is 0. The van der Waals surface area contributed by atoms with Crippen molar-refractivity contribution in [1.29, 1.82) is 0 Å². The summed E-state index contributed by atoms with van der Waals surface area (Å²) in [5.74, 6) is 0.254. The van der Waals surface area contributed by atoms with E-state index in [0.717, 1.165) is 12.8 Å². The van der Waals surface area contributed by atoms with Gasteiger partial charge in [-0.3, -0.25) is 9.59 Å². The Kier molecular flexibility index (Phi) is 3.88. The smallest absolute Gasteiger partial charge is 0.246 e. The standard InChI is InChI=1S/C17H30N2O2/c1-8-9-11-14(21)19(12(10(2)3)13(20)18-11)15-16(4,5)17(15,6)7/h10-12,15H,8-9H2,1-7H3,(H,18,20). The lowest BCUT2D eigenvalue weighted by Crippen LogP contribution is -2.66. The molecule has 2 aliphatic rings. The van der Waals surface area contributed by atoms with E-state index in [4.69, 9.17) is 0 Å². The normalized spacial score (nSPS) is 31.5. The minimum absolute atomic E-state index is 0.0153.